The number of ether oxygens (including phenoxy) is 3. The fraction of sp³-hybridized carbons (Fsp3) is 0.235. The van der Waals surface area contributed by atoms with Gasteiger partial charge in [0.2, 0.25) is 5.88 Å². The topological polar surface area (TPSA) is 95.7 Å². The third-order valence-corrected chi connectivity index (χ3v) is 7.42. The summed E-state index contributed by atoms with van der Waals surface area (Å²) in [6, 6.07) is 16.5. The number of aromatic nitrogens is 1. The first-order valence-corrected chi connectivity index (χ1v) is 13.6. The summed E-state index contributed by atoms with van der Waals surface area (Å²) in [4.78, 5) is 17.0. The normalized spacial score (nSPS) is 14.2. The van der Waals surface area contributed by atoms with Gasteiger partial charge in [-0.05, 0) is 98.0 Å². The number of nitrogens with zero attached hydrogens (tertiary/aromatic N) is 1. The Labute approximate surface area is 245 Å². The zero-order valence-electron chi connectivity index (χ0n) is 24.5. The smallest absolute Gasteiger partial charge is 0.349 e. The lowest BCUT2D eigenvalue weighted by molar-refractivity contribution is 0.0730. The van der Waals surface area contributed by atoms with Crippen LogP contribution in [-0.4, -0.2) is 30.7 Å². The van der Waals surface area contributed by atoms with Gasteiger partial charge in [-0.15, -0.1) is 0 Å². The number of benzene rings is 3. The van der Waals surface area contributed by atoms with Crippen molar-refractivity contribution >= 4 is 17.2 Å². The van der Waals surface area contributed by atoms with Crippen molar-refractivity contribution in [2.75, 3.05) is 19.5 Å². The van der Waals surface area contributed by atoms with Gasteiger partial charge in [-0.1, -0.05) is 18.2 Å². The van der Waals surface area contributed by atoms with E-state index in [4.69, 9.17) is 19.9 Å². The molecule has 3 N–H and O–H groups in total. The van der Waals surface area contributed by atoms with Crippen LogP contribution in [0.3, 0.4) is 0 Å². The molecule has 7 nitrogen and oxygen atoms in total. The molecule has 8 heteroatoms. The van der Waals surface area contributed by atoms with E-state index < -0.39 is 12.0 Å². The van der Waals surface area contributed by atoms with Gasteiger partial charge in [-0.3, -0.25) is 0 Å². The Balaban J connectivity index is 1.64. The number of nitrogens with one attached hydrogen (secondary N) is 1. The lowest BCUT2D eigenvalue weighted by Crippen LogP contribution is -2.32. The second-order valence-corrected chi connectivity index (χ2v) is 10.9. The maximum Gasteiger partial charge on any atom is 0.349 e. The molecule has 42 heavy (non-hydrogen) atoms. The van der Waals surface area contributed by atoms with Crippen LogP contribution in [0.1, 0.15) is 59.4 Å². The number of halogens is 1. The van der Waals surface area contributed by atoms with E-state index >= 15 is 0 Å². The largest absolute Gasteiger partial charge is 0.496 e. The molecule has 0 bridgehead atoms. The van der Waals surface area contributed by atoms with Crippen LogP contribution in [0.2, 0.25) is 0 Å². The number of hydrogen-bond donors (Lipinski definition) is 2. The van der Waals surface area contributed by atoms with Crippen LogP contribution in [0.25, 0.3) is 16.7 Å². The summed E-state index contributed by atoms with van der Waals surface area (Å²) in [7, 11) is 3.00. The Bertz CT molecular complexity index is 1710. The zero-order chi connectivity index (χ0) is 30.2. The first-order chi connectivity index (χ1) is 20.0. The van der Waals surface area contributed by atoms with E-state index in [2.05, 4.69) is 37.1 Å². The SMILES string of the molecule is COc1cc(OC(=O)c2cccnc2OC)ccc1-c1ccc2c(c1C(N)c1cc(F)ccc1C)C(C)=CC(C)(C)N2. The predicted molar refractivity (Wildman–Crippen MR) is 163 cm³/mol. The molecule has 1 aliphatic rings. The third kappa shape index (κ3) is 5.45. The molecule has 0 radical (unpaired) electrons. The fourth-order valence-corrected chi connectivity index (χ4v) is 5.63. The minimum atomic E-state index is -0.641. The van der Waals surface area contributed by atoms with Crippen LogP contribution in [-0.2, 0) is 0 Å². The predicted octanol–water partition coefficient (Wildman–Crippen LogP) is 7.09. The highest BCUT2D eigenvalue weighted by Crippen LogP contribution is 2.46. The number of nitrogens with two attached hydrogens (primary N) is 1. The molecule has 0 aliphatic carbocycles. The highest BCUT2D eigenvalue weighted by atomic mass is 19.1. The highest BCUT2D eigenvalue weighted by molar-refractivity contribution is 5.94. The summed E-state index contributed by atoms with van der Waals surface area (Å²) in [5.74, 6) is -0.0175. The van der Waals surface area contributed by atoms with E-state index in [0.717, 1.165) is 39.1 Å². The molecule has 0 amide bonds. The summed E-state index contributed by atoms with van der Waals surface area (Å²) >= 11 is 0. The average molecular weight is 568 g/mol. The summed E-state index contributed by atoms with van der Waals surface area (Å²) in [5, 5.41) is 3.59. The minimum Gasteiger partial charge on any atom is -0.496 e. The van der Waals surface area contributed by atoms with Gasteiger partial charge in [0.1, 0.15) is 22.9 Å². The number of carbonyl (C=O) groups excluding carboxylic acids is 1. The van der Waals surface area contributed by atoms with E-state index in [0.29, 0.717) is 11.3 Å². The number of aryl methyl sites for hydroxylation is 1. The van der Waals surface area contributed by atoms with Crippen LogP contribution >= 0.6 is 0 Å². The average Bonchev–Trinajstić information content (AvgIpc) is 2.96. The summed E-state index contributed by atoms with van der Waals surface area (Å²) in [6.07, 6.45) is 3.70. The Morgan fingerprint density at radius 2 is 1.76 bits per heavy atom. The molecular weight excluding hydrogens is 533 g/mol. The molecule has 2 heterocycles. The van der Waals surface area contributed by atoms with E-state index in [1.807, 2.05) is 25.1 Å². The number of allylic oxidation sites excluding steroid dienone is 1. The second-order valence-electron chi connectivity index (χ2n) is 10.9. The van der Waals surface area contributed by atoms with Crippen molar-refractivity contribution in [3.63, 3.8) is 0 Å². The fourth-order valence-electron chi connectivity index (χ4n) is 5.63. The Kier molecular flexibility index (Phi) is 7.75. The summed E-state index contributed by atoms with van der Waals surface area (Å²) in [6.45, 7) is 8.20. The number of rotatable bonds is 7. The molecule has 3 aromatic carbocycles. The van der Waals surface area contributed by atoms with E-state index in [9.17, 15) is 9.18 Å². The van der Waals surface area contributed by atoms with Gasteiger partial charge in [0, 0.05) is 29.1 Å². The van der Waals surface area contributed by atoms with E-state index in [1.165, 1.54) is 25.4 Å². The molecule has 0 spiro atoms. The Morgan fingerprint density at radius 1 is 1.00 bits per heavy atom. The van der Waals surface area contributed by atoms with Crippen molar-refractivity contribution in [2.24, 2.45) is 5.73 Å². The zero-order valence-corrected chi connectivity index (χ0v) is 24.5. The number of carbonyl (C=O) groups is 1. The van der Waals surface area contributed by atoms with Crippen LogP contribution < -0.4 is 25.3 Å². The number of methoxy groups -OCH3 is 2. The molecule has 4 aromatic rings. The van der Waals surface area contributed by atoms with Gasteiger partial charge < -0.3 is 25.3 Å². The molecule has 5 rings (SSSR count). The van der Waals surface area contributed by atoms with Crippen molar-refractivity contribution in [3.8, 4) is 28.5 Å². The van der Waals surface area contributed by atoms with Crippen molar-refractivity contribution in [1.29, 1.82) is 0 Å². The lowest BCUT2D eigenvalue weighted by atomic mass is 9.80. The first-order valence-electron chi connectivity index (χ1n) is 13.6. The monoisotopic (exact) mass is 567 g/mol. The van der Waals surface area contributed by atoms with Gasteiger partial charge in [-0.2, -0.15) is 0 Å². The van der Waals surface area contributed by atoms with Crippen LogP contribution in [0.4, 0.5) is 10.1 Å². The van der Waals surface area contributed by atoms with E-state index in [-0.39, 0.29) is 28.5 Å². The molecule has 0 saturated heterocycles. The summed E-state index contributed by atoms with van der Waals surface area (Å²) in [5.41, 5.74) is 13.9. The maximum absolute atomic E-state index is 14.4. The molecule has 0 saturated carbocycles. The standard InChI is InChI=1S/C34H34FN3O4/c1-19-9-10-21(35)16-26(19)31(36)30-24(13-14-27-29(30)20(2)18-34(3,4)38-27)23-12-11-22(17-28(23)40-5)42-33(39)25-8-7-15-37-32(25)41-6/h7-18,31,38H,36H2,1-6H3. The van der Waals surface area contributed by atoms with Crippen molar-refractivity contribution < 1.29 is 23.4 Å². The quantitative estimate of drug-likeness (QED) is 0.182. The minimum absolute atomic E-state index is 0.173. The van der Waals surface area contributed by atoms with Gasteiger partial charge in [0.15, 0.2) is 0 Å². The first kappa shape index (κ1) is 28.8. The lowest BCUT2D eigenvalue weighted by Gasteiger charge is -2.35. The van der Waals surface area contributed by atoms with Crippen LogP contribution in [0, 0.1) is 12.7 Å². The molecule has 1 unspecified atom stereocenters. The van der Waals surface area contributed by atoms with Gasteiger partial charge in [0.05, 0.1) is 25.8 Å². The van der Waals surface area contributed by atoms with E-state index in [1.54, 1.807) is 37.4 Å². The molecule has 0 fully saturated rings. The Hall–Kier alpha value is -4.69. The Morgan fingerprint density at radius 3 is 2.50 bits per heavy atom. The number of esters is 1. The molecule has 1 aliphatic heterocycles. The maximum atomic E-state index is 14.4. The van der Waals surface area contributed by atoms with Crippen LogP contribution in [0.5, 0.6) is 17.4 Å². The molecule has 216 valence electrons. The number of fused-ring (bicyclic) bond motifs is 1. The van der Waals surface area contributed by atoms with Crippen molar-refractivity contribution in [2.45, 2.75) is 39.3 Å². The van der Waals surface area contributed by atoms with Gasteiger partial charge >= 0.3 is 5.97 Å². The second kappa shape index (κ2) is 11.3. The summed E-state index contributed by atoms with van der Waals surface area (Å²) < 4.78 is 31.1. The number of pyridine rings is 1. The van der Waals surface area contributed by atoms with Crippen molar-refractivity contribution in [1.82, 2.24) is 4.98 Å². The molecular formula is C34H34FN3O4. The molecule has 1 atom stereocenters. The van der Waals surface area contributed by atoms with Gasteiger partial charge in [-0.25, -0.2) is 14.2 Å². The number of anilines is 1. The van der Waals surface area contributed by atoms with Crippen molar-refractivity contribution in [3.05, 3.63) is 107 Å². The van der Waals surface area contributed by atoms with Gasteiger partial charge in [0.25, 0.3) is 0 Å². The third-order valence-electron chi connectivity index (χ3n) is 7.42. The molecule has 1 aromatic heterocycles. The highest BCUT2D eigenvalue weighted by Gasteiger charge is 2.30. The number of hydrogen-bond acceptors (Lipinski definition) is 7. The van der Waals surface area contributed by atoms with Crippen LogP contribution in [0.15, 0.2) is 72.9 Å².